The van der Waals surface area contributed by atoms with Crippen molar-refractivity contribution >= 4 is 22.6 Å². The van der Waals surface area contributed by atoms with Crippen LogP contribution in [0.3, 0.4) is 0 Å². The molecule has 106 valence electrons. The number of anilines is 1. The minimum atomic E-state index is -0.378. The second-order valence-electron chi connectivity index (χ2n) is 5.29. The number of hydrogen-bond acceptors (Lipinski definition) is 5. The minimum absolute atomic E-state index is 0.0218. The average molecular weight is 274 g/mol. The van der Waals surface area contributed by atoms with Gasteiger partial charge in [-0.05, 0) is 38.1 Å². The quantitative estimate of drug-likeness (QED) is 0.638. The fourth-order valence-electron chi connectivity index (χ4n) is 2.50. The monoisotopic (exact) mass is 274 g/mol. The Morgan fingerprint density at radius 2 is 2.20 bits per heavy atom. The van der Waals surface area contributed by atoms with Crippen LogP contribution >= 0.6 is 0 Å². The van der Waals surface area contributed by atoms with Gasteiger partial charge >= 0.3 is 5.97 Å². The standard InChI is InChI=1S/C14H18N4O2/c1-18-6-4-10(5-7-18)20-14(19)13-11-8-9(15)2-3-12(11)16-17-13/h2-3,8,10H,4-7,15H2,1H3,(H,16,17). The zero-order chi connectivity index (χ0) is 14.1. The first-order chi connectivity index (χ1) is 9.63. The second kappa shape index (κ2) is 5.13. The number of aromatic amines is 1. The molecule has 0 unspecified atom stereocenters. The molecule has 6 heteroatoms. The molecule has 0 bridgehead atoms. The van der Waals surface area contributed by atoms with E-state index in [0.717, 1.165) is 31.4 Å². The molecule has 1 aromatic heterocycles. The molecule has 0 spiro atoms. The Hall–Kier alpha value is -2.08. The summed E-state index contributed by atoms with van der Waals surface area (Å²) < 4.78 is 5.54. The summed E-state index contributed by atoms with van der Waals surface area (Å²) in [4.78, 5) is 14.5. The Morgan fingerprint density at radius 1 is 1.45 bits per heavy atom. The van der Waals surface area contributed by atoms with Crippen molar-refractivity contribution in [1.82, 2.24) is 15.1 Å². The van der Waals surface area contributed by atoms with Gasteiger partial charge in [0.25, 0.3) is 0 Å². The molecule has 0 amide bonds. The van der Waals surface area contributed by atoms with Crippen LogP contribution in [0.25, 0.3) is 10.9 Å². The molecule has 2 heterocycles. The Balaban J connectivity index is 1.77. The van der Waals surface area contributed by atoms with Crippen molar-refractivity contribution in [3.05, 3.63) is 23.9 Å². The number of likely N-dealkylation sites (tertiary alicyclic amines) is 1. The molecule has 1 aliphatic heterocycles. The van der Waals surface area contributed by atoms with Crippen molar-refractivity contribution in [1.29, 1.82) is 0 Å². The molecule has 0 saturated carbocycles. The molecule has 0 radical (unpaired) electrons. The number of carbonyl (C=O) groups is 1. The van der Waals surface area contributed by atoms with E-state index in [9.17, 15) is 4.79 Å². The highest BCUT2D eigenvalue weighted by Crippen LogP contribution is 2.21. The summed E-state index contributed by atoms with van der Waals surface area (Å²) >= 11 is 0. The first kappa shape index (κ1) is 12.9. The van der Waals surface area contributed by atoms with Crippen LogP contribution in [0, 0.1) is 0 Å². The van der Waals surface area contributed by atoms with Crippen LogP contribution in [-0.4, -0.2) is 47.3 Å². The molecule has 2 aromatic rings. The number of esters is 1. The number of aromatic nitrogens is 2. The maximum absolute atomic E-state index is 12.2. The van der Waals surface area contributed by atoms with E-state index in [4.69, 9.17) is 10.5 Å². The van der Waals surface area contributed by atoms with Crippen LogP contribution in [0.4, 0.5) is 5.69 Å². The third kappa shape index (κ3) is 2.46. The molecule has 1 aromatic carbocycles. The zero-order valence-electron chi connectivity index (χ0n) is 11.4. The number of carbonyl (C=O) groups excluding carboxylic acids is 1. The van der Waals surface area contributed by atoms with Crippen molar-refractivity contribution in [3.63, 3.8) is 0 Å². The highest BCUT2D eigenvalue weighted by atomic mass is 16.5. The molecular formula is C14H18N4O2. The van der Waals surface area contributed by atoms with E-state index < -0.39 is 0 Å². The van der Waals surface area contributed by atoms with Crippen molar-refractivity contribution in [2.24, 2.45) is 0 Å². The normalized spacial score (nSPS) is 17.4. The molecule has 6 nitrogen and oxygen atoms in total. The number of piperidine rings is 1. The summed E-state index contributed by atoms with van der Waals surface area (Å²) in [7, 11) is 2.07. The van der Waals surface area contributed by atoms with E-state index >= 15 is 0 Å². The lowest BCUT2D eigenvalue weighted by Crippen LogP contribution is -2.35. The third-order valence-corrected chi connectivity index (χ3v) is 3.72. The number of nitrogens with two attached hydrogens (primary N) is 1. The molecular weight excluding hydrogens is 256 g/mol. The molecule has 3 N–H and O–H groups in total. The van der Waals surface area contributed by atoms with Crippen LogP contribution in [0.1, 0.15) is 23.3 Å². The van der Waals surface area contributed by atoms with Gasteiger partial charge in [0.2, 0.25) is 0 Å². The predicted molar refractivity (Wildman–Crippen MR) is 76.4 cm³/mol. The van der Waals surface area contributed by atoms with Gasteiger partial charge in [-0.15, -0.1) is 0 Å². The molecule has 0 aliphatic carbocycles. The van der Waals surface area contributed by atoms with Crippen LogP contribution in [0.15, 0.2) is 18.2 Å². The Morgan fingerprint density at radius 3 is 2.95 bits per heavy atom. The van der Waals surface area contributed by atoms with Crippen molar-refractivity contribution in [3.8, 4) is 0 Å². The molecule has 20 heavy (non-hydrogen) atoms. The van der Waals surface area contributed by atoms with E-state index in [0.29, 0.717) is 16.8 Å². The molecule has 3 rings (SSSR count). The van der Waals surface area contributed by atoms with Gasteiger partial charge in [0.05, 0.1) is 5.52 Å². The summed E-state index contributed by atoms with van der Waals surface area (Å²) in [5, 5.41) is 7.59. The lowest BCUT2D eigenvalue weighted by molar-refractivity contribution is 0.0135. The van der Waals surface area contributed by atoms with E-state index in [1.54, 1.807) is 12.1 Å². The zero-order valence-corrected chi connectivity index (χ0v) is 11.4. The fraction of sp³-hybridized carbons (Fsp3) is 0.429. The summed E-state index contributed by atoms with van der Waals surface area (Å²) in [5.74, 6) is -0.378. The maximum atomic E-state index is 12.2. The van der Waals surface area contributed by atoms with Crippen LogP contribution in [0.5, 0.6) is 0 Å². The first-order valence-electron chi connectivity index (χ1n) is 6.76. The fourth-order valence-corrected chi connectivity index (χ4v) is 2.50. The van der Waals surface area contributed by atoms with Gasteiger partial charge in [-0.2, -0.15) is 5.10 Å². The number of ether oxygens (including phenoxy) is 1. The molecule has 0 atom stereocenters. The summed E-state index contributed by atoms with van der Waals surface area (Å²) in [6.45, 7) is 1.90. The maximum Gasteiger partial charge on any atom is 0.359 e. The second-order valence-corrected chi connectivity index (χ2v) is 5.29. The topological polar surface area (TPSA) is 84.2 Å². The SMILES string of the molecule is CN1CCC(OC(=O)c2n[nH]c3ccc(N)cc23)CC1. The number of H-pyrrole nitrogens is 1. The number of nitrogens with zero attached hydrogens (tertiary/aromatic N) is 2. The van der Waals surface area contributed by atoms with Gasteiger partial charge in [0, 0.05) is 24.2 Å². The van der Waals surface area contributed by atoms with Crippen molar-refractivity contribution in [2.75, 3.05) is 25.9 Å². The van der Waals surface area contributed by atoms with Crippen molar-refractivity contribution < 1.29 is 9.53 Å². The first-order valence-corrected chi connectivity index (χ1v) is 6.76. The van der Waals surface area contributed by atoms with E-state index in [2.05, 4.69) is 22.1 Å². The largest absolute Gasteiger partial charge is 0.457 e. The van der Waals surface area contributed by atoms with Crippen LogP contribution in [0.2, 0.25) is 0 Å². The van der Waals surface area contributed by atoms with Gasteiger partial charge in [0.15, 0.2) is 5.69 Å². The minimum Gasteiger partial charge on any atom is -0.457 e. The Kier molecular flexibility index (Phi) is 3.31. The number of fused-ring (bicyclic) bond motifs is 1. The van der Waals surface area contributed by atoms with E-state index in [1.165, 1.54) is 0 Å². The Labute approximate surface area is 116 Å². The van der Waals surface area contributed by atoms with Gasteiger partial charge in [-0.3, -0.25) is 5.10 Å². The Bertz CT molecular complexity index is 629. The average Bonchev–Trinajstić information content (AvgIpc) is 2.84. The van der Waals surface area contributed by atoms with E-state index in [-0.39, 0.29) is 12.1 Å². The third-order valence-electron chi connectivity index (χ3n) is 3.72. The van der Waals surface area contributed by atoms with Gasteiger partial charge in [-0.1, -0.05) is 0 Å². The number of hydrogen-bond donors (Lipinski definition) is 2. The number of benzene rings is 1. The molecule has 1 saturated heterocycles. The van der Waals surface area contributed by atoms with Crippen LogP contribution < -0.4 is 5.73 Å². The smallest absolute Gasteiger partial charge is 0.359 e. The molecule has 1 fully saturated rings. The van der Waals surface area contributed by atoms with Crippen LogP contribution in [-0.2, 0) is 4.74 Å². The van der Waals surface area contributed by atoms with E-state index in [1.807, 2.05) is 6.07 Å². The lowest BCUT2D eigenvalue weighted by atomic mass is 10.1. The summed E-state index contributed by atoms with van der Waals surface area (Å²) in [6.07, 6.45) is 1.71. The highest BCUT2D eigenvalue weighted by molar-refractivity contribution is 6.02. The summed E-state index contributed by atoms with van der Waals surface area (Å²) in [5.41, 5.74) is 7.45. The summed E-state index contributed by atoms with van der Waals surface area (Å²) in [6, 6.07) is 5.32. The predicted octanol–water partition coefficient (Wildman–Crippen LogP) is 1.40. The number of nitrogen functional groups attached to an aromatic ring is 1. The van der Waals surface area contributed by atoms with Gasteiger partial charge in [0.1, 0.15) is 6.10 Å². The molecule has 1 aliphatic rings. The highest BCUT2D eigenvalue weighted by Gasteiger charge is 2.23. The number of rotatable bonds is 2. The van der Waals surface area contributed by atoms with Crippen molar-refractivity contribution in [2.45, 2.75) is 18.9 Å². The van der Waals surface area contributed by atoms with Gasteiger partial charge in [-0.25, -0.2) is 4.79 Å². The lowest BCUT2D eigenvalue weighted by Gasteiger charge is -2.28. The van der Waals surface area contributed by atoms with Gasteiger partial charge < -0.3 is 15.4 Å². The number of nitrogens with one attached hydrogen (secondary N) is 1.